The lowest BCUT2D eigenvalue weighted by Crippen LogP contribution is -2.35. The number of pyridine rings is 1. The van der Waals surface area contributed by atoms with E-state index in [4.69, 9.17) is 9.47 Å². The first-order chi connectivity index (χ1) is 16.0. The molecule has 1 atom stereocenters. The summed E-state index contributed by atoms with van der Waals surface area (Å²) < 4.78 is 13.4. The quantitative estimate of drug-likeness (QED) is 0.495. The summed E-state index contributed by atoms with van der Waals surface area (Å²) in [5.74, 6) is 0.473. The number of hydrogen-bond acceptors (Lipinski definition) is 5. The van der Waals surface area contributed by atoms with Crippen LogP contribution in [0.5, 0.6) is 11.5 Å². The number of aromatic carboxylic acids is 1. The molecule has 0 saturated carbocycles. The molecule has 0 aliphatic carbocycles. The molecule has 4 rings (SSSR count). The third-order valence-corrected chi connectivity index (χ3v) is 6.84. The van der Waals surface area contributed by atoms with Gasteiger partial charge in [-0.2, -0.15) is 0 Å². The highest BCUT2D eigenvalue weighted by Crippen LogP contribution is 2.35. The van der Waals surface area contributed by atoms with Gasteiger partial charge in [-0.25, -0.2) is 4.79 Å². The van der Waals surface area contributed by atoms with Crippen molar-refractivity contribution in [3.63, 3.8) is 0 Å². The zero-order valence-electron chi connectivity index (χ0n) is 19.7. The molecule has 1 fully saturated rings. The number of methoxy groups -OCH3 is 1. The van der Waals surface area contributed by atoms with E-state index < -0.39 is 5.97 Å². The van der Waals surface area contributed by atoms with Crippen LogP contribution in [-0.4, -0.2) is 58.9 Å². The fraction of sp³-hybridized carbons (Fsp3) is 0.462. The lowest BCUT2D eigenvalue weighted by molar-refractivity contribution is 0.0691. The van der Waals surface area contributed by atoms with Crippen LogP contribution in [0.25, 0.3) is 10.9 Å². The maximum absolute atomic E-state index is 11.5. The number of likely N-dealkylation sites (tertiary alicyclic amines) is 1. The number of fused-ring (bicyclic) bond motifs is 1. The summed E-state index contributed by atoms with van der Waals surface area (Å²) in [6, 6.07) is 7.40. The molecule has 0 bridgehead atoms. The number of piperidine rings is 1. The van der Waals surface area contributed by atoms with Crippen molar-refractivity contribution in [1.29, 1.82) is 0 Å². The van der Waals surface area contributed by atoms with Gasteiger partial charge in [-0.3, -0.25) is 9.88 Å². The number of carbonyl (C=O) groups is 1. The standard InChI is InChI=1S/C26H33N3O4/c1-4-18(2)29-17-23(21-7-10-27-16-24(21)29)19-8-11-28(12-9-19)13-14-33-25-15-20(32-3)5-6-22(25)26(30)31/h5-7,10,15-19H,4,8-9,11-14H2,1-3H3,(H,30,31). The molecule has 3 aromatic rings. The molecule has 33 heavy (non-hydrogen) atoms. The van der Waals surface area contributed by atoms with E-state index in [-0.39, 0.29) is 5.56 Å². The van der Waals surface area contributed by atoms with Crippen molar-refractivity contribution in [3.8, 4) is 11.5 Å². The number of benzene rings is 1. The first-order valence-electron chi connectivity index (χ1n) is 11.7. The number of aromatic nitrogens is 2. The lowest BCUT2D eigenvalue weighted by Gasteiger charge is -2.31. The lowest BCUT2D eigenvalue weighted by atomic mass is 9.89. The zero-order valence-corrected chi connectivity index (χ0v) is 19.7. The predicted molar refractivity (Wildman–Crippen MR) is 129 cm³/mol. The number of ether oxygens (including phenoxy) is 2. The molecule has 7 heteroatoms. The van der Waals surface area contributed by atoms with Gasteiger partial charge >= 0.3 is 5.97 Å². The molecule has 0 spiro atoms. The van der Waals surface area contributed by atoms with Crippen LogP contribution in [0.2, 0.25) is 0 Å². The van der Waals surface area contributed by atoms with Crippen LogP contribution in [-0.2, 0) is 0 Å². The number of nitrogens with zero attached hydrogens (tertiary/aromatic N) is 3. The van der Waals surface area contributed by atoms with Gasteiger partial charge in [0.05, 0.1) is 18.8 Å². The molecule has 1 aromatic carbocycles. The first kappa shape index (κ1) is 23.1. The van der Waals surface area contributed by atoms with Crippen molar-refractivity contribution in [1.82, 2.24) is 14.5 Å². The minimum absolute atomic E-state index is 0.154. The molecule has 7 nitrogen and oxygen atoms in total. The molecule has 1 saturated heterocycles. The minimum Gasteiger partial charge on any atom is -0.497 e. The molecular formula is C26H33N3O4. The van der Waals surface area contributed by atoms with Gasteiger partial charge in [0.1, 0.15) is 23.7 Å². The Bertz CT molecular complexity index is 1100. The summed E-state index contributed by atoms with van der Waals surface area (Å²) in [5.41, 5.74) is 2.82. The van der Waals surface area contributed by atoms with Crippen LogP contribution < -0.4 is 9.47 Å². The highest BCUT2D eigenvalue weighted by molar-refractivity contribution is 5.91. The van der Waals surface area contributed by atoms with E-state index in [0.29, 0.717) is 30.1 Å². The van der Waals surface area contributed by atoms with Gasteiger partial charge in [0.2, 0.25) is 0 Å². The van der Waals surface area contributed by atoms with Gasteiger partial charge in [-0.1, -0.05) is 6.92 Å². The van der Waals surface area contributed by atoms with Gasteiger partial charge in [0.25, 0.3) is 0 Å². The summed E-state index contributed by atoms with van der Waals surface area (Å²) in [6.07, 6.45) is 9.52. The van der Waals surface area contributed by atoms with Crippen molar-refractivity contribution >= 4 is 16.9 Å². The average Bonchev–Trinajstić information content (AvgIpc) is 3.23. The second-order valence-corrected chi connectivity index (χ2v) is 8.77. The molecule has 176 valence electrons. The Kier molecular flexibility index (Phi) is 7.18. The van der Waals surface area contributed by atoms with Gasteiger partial charge in [0.15, 0.2) is 0 Å². The molecule has 1 N–H and O–H groups in total. The SMILES string of the molecule is CCC(C)n1cc(C2CCN(CCOc3cc(OC)ccc3C(=O)O)CC2)c2ccncc21. The molecule has 0 amide bonds. The Balaban J connectivity index is 1.36. The van der Waals surface area contributed by atoms with Crippen LogP contribution in [0.3, 0.4) is 0 Å². The predicted octanol–water partition coefficient (Wildman–Crippen LogP) is 4.97. The fourth-order valence-electron chi connectivity index (χ4n) is 4.69. The van der Waals surface area contributed by atoms with E-state index >= 15 is 0 Å². The van der Waals surface area contributed by atoms with E-state index in [1.165, 1.54) is 22.5 Å². The third-order valence-electron chi connectivity index (χ3n) is 6.84. The molecule has 2 aromatic heterocycles. The maximum atomic E-state index is 11.5. The number of carboxylic acid groups (broad SMARTS) is 1. The van der Waals surface area contributed by atoms with E-state index in [0.717, 1.165) is 38.9 Å². The normalized spacial score (nSPS) is 16.1. The van der Waals surface area contributed by atoms with Crippen molar-refractivity contribution in [3.05, 3.63) is 54.0 Å². The number of hydrogen-bond donors (Lipinski definition) is 1. The Morgan fingerprint density at radius 3 is 2.76 bits per heavy atom. The number of carboxylic acids is 1. The van der Waals surface area contributed by atoms with Gasteiger partial charge < -0.3 is 19.1 Å². The molecule has 0 radical (unpaired) electrons. The Morgan fingerprint density at radius 2 is 2.06 bits per heavy atom. The van der Waals surface area contributed by atoms with Crippen molar-refractivity contribution < 1.29 is 19.4 Å². The Morgan fingerprint density at radius 1 is 1.27 bits per heavy atom. The Labute approximate surface area is 194 Å². The highest BCUT2D eigenvalue weighted by Gasteiger charge is 2.24. The van der Waals surface area contributed by atoms with Crippen LogP contribution in [0.4, 0.5) is 0 Å². The van der Waals surface area contributed by atoms with Crippen LogP contribution in [0, 0.1) is 0 Å². The fourth-order valence-corrected chi connectivity index (χ4v) is 4.69. The maximum Gasteiger partial charge on any atom is 0.339 e. The molecule has 1 aliphatic heterocycles. The van der Waals surface area contributed by atoms with Gasteiger partial charge in [-0.05, 0) is 69.0 Å². The topological polar surface area (TPSA) is 76.8 Å². The summed E-state index contributed by atoms with van der Waals surface area (Å²) in [6.45, 7) is 7.69. The Hall–Kier alpha value is -3.06. The minimum atomic E-state index is -1.000. The average molecular weight is 452 g/mol. The summed E-state index contributed by atoms with van der Waals surface area (Å²) in [5, 5.41) is 10.7. The summed E-state index contributed by atoms with van der Waals surface area (Å²) in [7, 11) is 1.56. The highest BCUT2D eigenvalue weighted by atomic mass is 16.5. The van der Waals surface area contributed by atoms with Crippen molar-refractivity contribution in [2.75, 3.05) is 33.4 Å². The van der Waals surface area contributed by atoms with Crippen LogP contribution in [0.1, 0.15) is 61.0 Å². The molecule has 1 aliphatic rings. The first-order valence-corrected chi connectivity index (χ1v) is 11.7. The van der Waals surface area contributed by atoms with Crippen molar-refractivity contribution in [2.45, 2.75) is 45.1 Å². The smallest absolute Gasteiger partial charge is 0.339 e. The third kappa shape index (κ3) is 4.98. The van der Waals surface area contributed by atoms with Gasteiger partial charge in [-0.15, -0.1) is 0 Å². The molecular weight excluding hydrogens is 418 g/mol. The van der Waals surface area contributed by atoms with E-state index in [2.05, 4.69) is 40.6 Å². The van der Waals surface area contributed by atoms with Crippen molar-refractivity contribution in [2.24, 2.45) is 0 Å². The van der Waals surface area contributed by atoms with Crippen LogP contribution in [0.15, 0.2) is 42.9 Å². The van der Waals surface area contributed by atoms with E-state index in [1.807, 2.05) is 12.4 Å². The van der Waals surface area contributed by atoms with Gasteiger partial charge in [0, 0.05) is 36.4 Å². The van der Waals surface area contributed by atoms with E-state index in [1.54, 1.807) is 19.2 Å². The summed E-state index contributed by atoms with van der Waals surface area (Å²) >= 11 is 0. The van der Waals surface area contributed by atoms with E-state index in [9.17, 15) is 9.90 Å². The largest absolute Gasteiger partial charge is 0.497 e. The molecule has 3 heterocycles. The number of rotatable bonds is 9. The summed E-state index contributed by atoms with van der Waals surface area (Å²) in [4.78, 5) is 18.2. The van der Waals surface area contributed by atoms with Crippen LogP contribution >= 0.6 is 0 Å². The second-order valence-electron chi connectivity index (χ2n) is 8.77. The zero-order chi connectivity index (χ0) is 23.4. The second kappa shape index (κ2) is 10.3. The monoisotopic (exact) mass is 451 g/mol. The molecule has 1 unspecified atom stereocenters.